The predicted molar refractivity (Wildman–Crippen MR) is 115 cm³/mol. The molecule has 0 radical (unpaired) electrons. The first-order valence-corrected chi connectivity index (χ1v) is 9.69. The van der Waals surface area contributed by atoms with Crippen molar-refractivity contribution in [1.29, 1.82) is 0 Å². The number of aromatic hydroxyl groups is 1. The van der Waals surface area contributed by atoms with Gasteiger partial charge in [-0.25, -0.2) is 0 Å². The molecular weight excluding hydrogens is 404 g/mol. The Labute approximate surface area is 181 Å². The normalized spacial score (nSPS) is 11.0. The van der Waals surface area contributed by atoms with Crippen LogP contribution in [0.1, 0.15) is 15.9 Å². The van der Waals surface area contributed by atoms with Crippen LogP contribution in [0.5, 0.6) is 17.2 Å². The summed E-state index contributed by atoms with van der Waals surface area (Å²) in [7, 11) is 3.14. The van der Waals surface area contributed by atoms with Gasteiger partial charge in [0.25, 0.3) is 0 Å². The van der Waals surface area contributed by atoms with E-state index in [-0.39, 0.29) is 36.4 Å². The Balaban J connectivity index is 2.14. The fourth-order valence-corrected chi connectivity index (χ4v) is 2.46. The van der Waals surface area contributed by atoms with Gasteiger partial charge in [0.05, 0.1) is 26.4 Å². The van der Waals surface area contributed by atoms with Gasteiger partial charge in [-0.2, -0.15) is 0 Å². The molecule has 2 rings (SSSR count). The molecule has 0 aliphatic heterocycles. The van der Waals surface area contributed by atoms with Crippen LogP contribution < -0.4 is 9.47 Å². The Morgan fingerprint density at radius 2 is 1.55 bits per heavy atom. The second kappa shape index (κ2) is 14.2. The van der Waals surface area contributed by atoms with E-state index < -0.39 is 5.78 Å². The standard InChI is InChI=1S/C23H28O8/c1-26-10-12-28-16-30-19-14-21(25)23(22(15-19)31-17-29-13-11-27-2)20(24)9-8-18-6-4-3-5-7-18/h3-9,14-15,25H,10-13,16-17H2,1-2H3. The number of benzene rings is 2. The SMILES string of the molecule is COCCOCOc1cc(O)c(C(=O)C=Cc2ccccc2)c(OCOCCOC)c1. The van der Waals surface area contributed by atoms with Crippen molar-refractivity contribution >= 4 is 11.9 Å². The van der Waals surface area contributed by atoms with E-state index in [4.69, 9.17) is 28.4 Å². The molecule has 0 spiro atoms. The summed E-state index contributed by atoms with van der Waals surface area (Å²) in [6.07, 6.45) is 3.03. The molecule has 2 aromatic rings. The van der Waals surface area contributed by atoms with Crippen LogP contribution in [0.3, 0.4) is 0 Å². The van der Waals surface area contributed by atoms with Gasteiger partial charge in [0.15, 0.2) is 19.4 Å². The van der Waals surface area contributed by atoms with Crippen molar-refractivity contribution < 1.29 is 38.3 Å². The van der Waals surface area contributed by atoms with E-state index in [0.29, 0.717) is 26.4 Å². The Kier molecular flexibility index (Phi) is 11.1. The van der Waals surface area contributed by atoms with Crippen molar-refractivity contribution in [3.05, 3.63) is 59.7 Å². The molecule has 0 bridgehead atoms. The molecular formula is C23H28O8. The van der Waals surface area contributed by atoms with Crippen LogP contribution in [0.25, 0.3) is 6.08 Å². The molecule has 0 saturated heterocycles. The molecule has 0 atom stereocenters. The van der Waals surface area contributed by atoms with Gasteiger partial charge in [-0.05, 0) is 11.6 Å². The quantitative estimate of drug-likeness (QED) is 0.198. The minimum Gasteiger partial charge on any atom is -0.507 e. The first-order valence-electron chi connectivity index (χ1n) is 9.69. The molecule has 0 fully saturated rings. The molecule has 8 heteroatoms. The summed E-state index contributed by atoms with van der Waals surface area (Å²) < 4.78 is 31.4. The average Bonchev–Trinajstić information content (AvgIpc) is 2.78. The van der Waals surface area contributed by atoms with Crippen LogP contribution in [0, 0.1) is 0 Å². The van der Waals surface area contributed by atoms with Crippen LogP contribution >= 0.6 is 0 Å². The number of methoxy groups -OCH3 is 2. The molecule has 8 nitrogen and oxygen atoms in total. The number of hydrogen-bond donors (Lipinski definition) is 1. The van der Waals surface area contributed by atoms with Gasteiger partial charge < -0.3 is 33.5 Å². The summed E-state index contributed by atoms with van der Waals surface area (Å²) in [5.74, 6) is -0.280. The van der Waals surface area contributed by atoms with E-state index >= 15 is 0 Å². The van der Waals surface area contributed by atoms with Gasteiger partial charge >= 0.3 is 0 Å². The Bertz CT molecular complexity index is 820. The molecule has 0 saturated carbocycles. The summed E-state index contributed by atoms with van der Waals surface area (Å²) in [5.41, 5.74) is 0.865. The minimum absolute atomic E-state index is 0.00942. The predicted octanol–water partition coefficient (Wildman–Crippen LogP) is 3.29. The van der Waals surface area contributed by atoms with Crippen LogP contribution in [0.2, 0.25) is 0 Å². The number of carbonyl (C=O) groups excluding carboxylic acids is 1. The Morgan fingerprint density at radius 1 is 0.903 bits per heavy atom. The second-order valence-corrected chi connectivity index (χ2v) is 6.25. The molecule has 0 aromatic heterocycles. The molecule has 0 aliphatic carbocycles. The second-order valence-electron chi connectivity index (χ2n) is 6.25. The topological polar surface area (TPSA) is 92.7 Å². The average molecular weight is 432 g/mol. The summed E-state index contributed by atoms with van der Waals surface area (Å²) >= 11 is 0. The van der Waals surface area contributed by atoms with E-state index in [2.05, 4.69) is 0 Å². The monoisotopic (exact) mass is 432 g/mol. The highest BCUT2D eigenvalue weighted by Crippen LogP contribution is 2.34. The lowest BCUT2D eigenvalue weighted by Gasteiger charge is -2.14. The van der Waals surface area contributed by atoms with Gasteiger partial charge in [-0.3, -0.25) is 4.79 Å². The molecule has 0 aliphatic rings. The molecule has 2 aromatic carbocycles. The van der Waals surface area contributed by atoms with Gasteiger partial charge in [0.1, 0.15) is 22.8 Å². The van der Waals surface area contributed by atoms with E-state index in [1.165, 1.54) is 18.2 Å². The van der Waals surface area contributed by atoms with Crippen molar-refractivity contribution in [2.75, 3.05) is 54.2 Å². The maximum Gasteiger partial charge on any atom is 0.193 e. The van der Waals surface area contributed by atoms with E-state index in [0.717, 1.165) is 5.56 Å². The highest BCUT2D eigenvalue weighted by atomic mass is 16.7. The number of allylic oxidation sites excluding steroid dienone is 1. The maximum atomic E-state index is 12.8. The fourth-order valence-electron chi connectivity index (χ4n) is 2.46. The minimum atomic E-state index is -0.420. The third-order valence-corrected chi connectivity index (χ3v) is 4.00. The number of ketones is 1. The first kappa shape index (κ1) is 24.4. The summed E-state index contributed by atoms with van der Waals surface area (Å²) in [5, 5.41) is 10.5. The van der Waals surface area contributed by atoms with Crippen molar-refractivity contribution in [3.8, 4) is 17.2 Å². The Morgan fingerprint density at radius 3 is 2.19 bits per heavy atom. The van der Waals surface area contributed by atoms with Crippen molar-refractivity contribution in [2.24, 2.45) is 0 Å². The van der Waals surface area contributed by atoms with Crippen molar-refractivity contribution in [3.63, 3.8) is 0 Å². The number of hydrogen-bond acceptors (Lipinski definition) is 8. The lowest BCUT2D eigenvalue weighted by Crippen LogP contribution is -2.11. The zero-order chi connectivity index (χ0) is 22.3. The van der Waals surface area contributed by atoms with Crippen LogP contribution in [0.4, 0.5) is 0 Å². The Hall–Kier alpha value is -2.91. The number of ether oxygens (including phenoxy) is 6. The third-order valence-electron chi connectivity index (χ3n) is 4.00. The van der Waals surface area contributed by atoms with Gasteiger partial charge in [0.2, 0.25) is 0 Å². The van der Waals surface area contributed by atoms with E-state index in [1.807, 2.05) is 30.3 Å². The lowest BCUT2D eigenvalue weighted by atomic mass is 10.1. The van der Waals surface area contributed by atoms with E-state index in [1.54, 1.807) is 20.3 Å². The lowest BCUT2D eigenvalue weighted by molar-refractivity contribution is -0.0119. The molecule has 31 heavy (non-hydrogen) atoms. The number of rotatable bonds is 15. The van der Waals surface area contributed by atoms with Gasteiger partial charge in [-0.1, -0.05) is 36.4 Å². The van der Waals surface area contributed by atoms with Crippen LogP contribution in [0.15, 0.2) is 48.5 Å². The summed E-state index contributed by atoms with van der Waals surface area (Å²) in [6.45, 7) is 1.35. The number of phenols is 1. The smallest absolute Gasteiger partial charge is 0.193 e. The first-order chi connectivity index (χ1) is 15.2. The highest BCUT2D eigenvalue weighted by molar-refractivity contribution is 6.10. The van der Waals surface area contributed by atoms with Crippen molar-refractivity contribution in [1.82, 2.24) is 0 Å². The summed E-state index contributed by atoms with van der Waals surface area (Å²) in [6, 6.07) is 12.2. The molecule has 0 heterocycles. The zero-order valence-electron chi connectivity index (χ0n) is 17.7. The molecule has 0 amide bonds. The zero-order valence-corrected chi connectivity index (χ0v) is 17.7. The largest absolute Gasteiger partial charge is 0.507 e. The molecule has 0 unspecified atom stereocenters. The molecule has 1 N–H and O–H groups in total. The van der Waals surface area contributed by atoms with Crippen LogP contribution in [-0.2, 0) is 18.9 Å². The third kappa shape index (κ3) is 8.77. The fraction of sp³-hybridized carbons (Fsp3) is 0.348. The number of phenolic OH excluding ortho intramolecular Hbond substituents is 1. The highest BCUT2D eigenvalue weighted by Gasteiger charge is 2.18. The van der Waals surface area contributed by atoms with Crippen LogP contribution in [-0.4, -0.2) is 65.1 Å². The molecule has 168 valence electrons. The summed E-state index contributed by atoms with van der Waals surface area (Å²) in [4.78, 5) is 12.8. The number of carbonyl (C=O) groups is 1. The van der Waals surface area contributed by atoms with Gasteiger partial charge in [-0.15, -0.1) is 0 Å². The maximum absolute atomic E-state index is 12.8. The van der Waals surface area contributed by atoms with Gasteiger partial charge in [0, 0.05) is 26.4 Å². The van der Waals surface area contributed by atoms with Crippen molar-refractivity contribution in [2.45, 2.75) is 0 Å². The van der Waals surface area contributed by atoms with E-state index in [9.17, 15) is 9.90 Å².